The van der Waals surface area contributed by atoms with Crippen LogP contribution in [-0.4, -0.2) is 16.7 Å². The summed E-state index contributed by atoms with van der Waals surface area (Å²) in [5, 5.41) is 3.65. The maximum Gasteiger partial charge on any atom is 0.252 e. The van der Waals surface area contributed by atoms with Gasteiger partial charge in [0.15, 0.2) is 5.78 Å². The number of pyridine rings is 1. The number of aromatic nitrogens is 1. The largest absolute Gasteiger partial charge is 0.338 e. The maximum absolute atomic E-state index is 12.8. The number of amides is 1. The zero-order valence-electron chi connectivity index (χ0n) is 13.4. The highest BCUT2D eigenvalue weighted by Gasteiger charge is 2.22. The number of nitrogens with one attached hydrogen (secondary N) is 1. The number of hydrogen-bond acceptors (Lipinski definition) is 3. The number of benzene rings is 2. The Kier molecular flexibility index (Phi) is 4.66. The second kappa shape index (κ2) is 7.04. The second-order valence-electron chi connectivity index (χ2n) is 5.51. The molecule has 3 rings (SSSR count). The quantitative estimate of drug-likeness (QED) is 0.780. The topological polar surface area (TPSA) is 59.1 Å². The van der Waals surface area contributed by atoms with Gasteiger partial charge >= 0.3 is 0 Å². The van der Waals surface area contributed by atoms with Gasteiger partial charge < -0.3 is 5.32 Å². The van der Waals surface area contributed by atoms with Crippen molar-refractivity contribution < 1.29 is 9.59 Å². The minimum Gasteiger partial charge on any atom is -0.338 e. The fraction of sp³-hybridized carbons (Fsp3) is 0.150. The normalized spacial score (nSPS) is 11.9. The van der Waals surface area contributed by atoms with Gasteiger partial charge in [-0.15, -0.1) is 0 Å². The van der Waals surface area contributed by atoms with Crippen molar-refractivity contribution in [1.29, 1.82) is 0 Å². The average molecular weight is 318 g/mol. The van der Waals surface area contributed by atoms with Crippen molar-refractivity contribution in [3.63, 3.8) is 0 Å². The van der Waals surface area contributed by atoms with Gasteiger partial charge in [0.2, 0.25) is 0 Å². The van der Waals surface area contributed by atoms with Crippen molar-refractivity contribution in [3.05, 3.63) is 78.0 Å². The summed E-state index contributed by atoms with van der Waals surface area (Å²) in [4.78, 5) is 29.4. The van der Waals surface area contributed by atoms with E-state index in [0.29, 0.717) is 12.0 Å². The maximum atomic E-state index is 12.8. The molecule has 1 unspecified atom stereocenters. The molecule has 1 N–H and O–H groups in total. The van der Waals surface area contributed by atoms with Gasteiger partial charge in [-0.2, -0.15) is 0 Å². The van der Waals surface area contributed by atoms with Crippen LogP contribution in [0.2, 0.25) is 0 Å². The highest BCUT2D eigenvalue weighted by atomic mass is 16.2. The first kappa shape index (κ1) is 15.9. The lowest BCUT2D eigenvalue weighted by Gasteiger charge is -2.18. The highest BCUT2D eigenvalue weighted by molar-refractivity contribution is 6.07. The number of hydrogen-bond donors (Lipinski definition) is 1. The van der Waals surface area contributed by atoms with E-state index in [9.17, 15) is 9.59 Å². The number of carbonyl (C=O) groups excluding carboxylic acids is 2. The van der Waals surface area contributed by atoms with Crippen LogP contribution in [0.1, 0.15) is 35.3 Å². The van der Waals surface area contributed by atoms with E-state index in [-0.39, 0.29) is 11.7 Å². The number of fused-ring (bicyclic) bond motifs is 1. The molecule has 24 heavy (non-hydrogen) atoms. The van der Waals surface area contributed by atoms with Gasteiger partial charge in [0.1, 0.15) is 6.04 Å². The monoisotopic (exact) mass is 318 g/mol. The second-order valence-corrected chi connectivity index (χ2v) is 5.51. The van der Waals surface area contributed by atoms with Gasteiger partial charge in [-0.25, -0.2) is 0 Å². The Morgan fingerprint density at radius 2 is 1.71 bits per heavy atom. The van der Waals surface area contributed by atoms with Gasteiger partial charge in [-0.3, -0.25) is 14.6 Å². The number of Topliss-reactive ketones (excluding diaryl/α,β-unsaturated/α-hetero) is 1. The van der Waals surface area contributed by atoms with Crippen LogP contribution in [0, 0.1) is 0 Å². The van der Waals surface area contributed by atoms with Gasteiger partial charge in [0, 0.05) is 18.0 Å². The molecule has 1 heterocycles. The number of nitrogens with zero attached hydrogens (tertiary/aromatic N) is 1. The molecule has 1 aromatic heterocycles. The highest BCUT2D eigenvalue weighted by Crippen LogP contribution is 2.19. The first-order valence-electron chi connectivity index (χ1n) is 7.93. The SMILES string of the molecule is CCC(=O)C(NC(=O)c1ccnc2ccccc12)c1ccccc1. The van der Waals surface area contributed by atoms with Crippen LogP contribution in [0.4, 0.5) is 0 Å². The van der Waals surface area contributed by atoms with E-state index >= 15 is 0 Å². The summed E-state index contributed by atoms with van der Waals surface area (Å²) in [6.45, 7) is 1.80. The summed E-state index contributed by atoms with van der Waals surface area (Å²) < 4.78 is 0. The molecule has 0 fully saturated rings. The third kappa shape index (κ3) is 3.18. The molecule has 0 aliphatic carbocycles. The average Bonchev–Trinajstić information content (AvgIpc) is 2.65. The molecular formula is C20H18N2O2. The Morgan fingerprint density at radius 1 is 1.00 bits per heavy atom. The van der Waals surface area contributed by atoms with Crippen LogP contribution in [0.25, 0.3) is 10.9 Å². The number of rotatable bonds is 5. The molecule has 0 spiro atoms. The molecule has 0 bridgehead atoms. The first-order valence-corrected chi connectivity index (χ1v) is 7.93. The van der Waals surface area contributed by atoms with E-state index < -0.39 is 6.04 Å². The van der Waals surface area contributed by atoms with Crippen LogP contribution in [0.3, 0.4) is 0 Å². The molecule has 2 aromatic carbocycles. The standard InChI is InChI=1S/C20H18N2O2/c1-2-18(23)19(14-8-4-3-5-9-14)22-20(24)16-12-13-21-17-11-7-6-10-15(16)17/h3-13,19H,2H2,1H3,(H,22,24). The van der Waals surface area contributed by atoms with Crippen LogP contribution in [0.5, 0.6) is 0 Å². The lowest BCUT2D eigenvalue weighted by Crippen LogP contribution is -2.33. The lowest BCUT2D eigenvalue weighted by molar-refractivity contribution is -0.120. The summed E-state index contributed by atoms with van der Waals surface area (Å²) in [5.74, 6) is -0.294. The fourth-order valence-electron chi connectivity index (χ4n) is 2.70. The Hall–Kier alpha value is -3.01. The van der Waals surface area contributed by atoms with E-state index in [1.807, 2.05) is 54.6 Å². The summed E-state index contributed by atoms with van der Waals surface area (Å²) in [6, 6.07) is 17.8. The Balaban J connectivity index is 1.95. The van der Waals surface area contributed by atoms with Crippen LogP contribution >= 0.6 is 0 Å². The Morgan fingerprint density at radius 3 is 2.46 bits per heavy atom. The predicted molar refractivity (Wildman–Crippen MR) is 93.7 cm³/mol. The molecule has 0 aliphatic heterocycles. The van der Waals surface area contributed by atoms with Crippen molar-refractivity contribution in [2.75, 3.05) is 0 Å². The minimum atomic E-state index is -0.643. The molecule has 1 atom stereocenters. The number of para-hydroxylation sites is 1. The van der Waals surface area contributed by atoms with Crippen molar-refractivity contribution >= 4 is 22.6 Å². The number of ketones is 1. The third-order valence-corrected chi connectivity index (χ3v) is 3.97. The van der Waals surface area contributed by atoms with E-state index in [2.05, 4.69) is 10.3 Å². The third-order valence-electron chi connectivity index (χ3n) is 3.97. The van der Waals surface area contributed by atoms with Crippen molar-refractivity contribution in [2.24, 2.45) is 0 Å². The summed E-state index contributed by atoms with van der Waals surface area (Å²) in [5.41, 5.74) is 2.06. The molecule has 0 saturated heterocycles. The summed E-state index contributed by atoms with van der Waals surface area (Å²) in [7, 11) is 0. The number of carbonyl (C=O) groups is 2. The zero-order chi connectivity index (χ0) is 16.9. The summed E-state index contributed by atoms with van der Waals surface area (Å²) >= 11 is 0. The zero-order valence-corrected chi connectivity index (χ0v) is 13.4. The van der Waals surface area contributed by atoms with E-state index in [0.717, 1.165) is 16.5 Å². The molecule has 0 radical (unpaired) electrons. The van der Waals surface area contributed by atoms with Crippen LogP contribution < -0.4 is 5.32 Å². The van der Waals surface area contributed by atoms with Gasteiger partial charge in [0.05, 0.1) is 11.1 Å². The molecule has 0 saturated carbocycles. The van der Waals surface area contributed by atoms with E-state index in [1.54, 1.807) is 19.2 Å². The van der Waals surface area contributed by atoms with Crippen molar-refractivity contribution in [1.82, 2.24) is 10.3 Å². The molecular weight excluding hydrogens is 300 g/mol. The predicted octanol–water partition coefficient (Wildman–Crippen LogP) is 3.69. The Labute approximate surface area is 140 Å². The van der Waals surface area contributed by atoms with Gasteiger partial charge in [-0.1, -0.05) is 55.5 Å². The Bertz CT molecular complexity index is 870. The summed E-state index contributed by atoms with van der Waals surface area (Å²) in [6.07, 6.45) is 1.97. The molecule has 4 heteroatoms. The lowest BCUT2D eigenvalue weighted by atomic mass is 10.00. The van der Waals surface area contributed by atoms with E-state index in [4.69, 9.17) is 0 Å². The van der Waals surface area contributed by atoms with Crippen LogP contribution in [-0.2, 0) is 4.79 Å². The van der Waals surface area contributed by atoms with Crippen LogP contribution in [0.15, 0.2) is 66.9 Å². The molecule has 120 valence electrons. The molecule has 1 amide bonds. The van der Waals surface area contributed by atoms with Crippen molar-refractivity contribution in [2.45, 2.75) is 19.4 Å². The smallest absolute Gasteiger partial charge is 0.252 e. The van der Waals surface area contributed by atoms with Crippen molar-refractivity contribution in [3.8, 4) is 0 Å². The first-order chi connectivity index (χ1) is 11.7. The minimum absolute atomic E-state index is 0.0205. The molecule has 3 aromatic rings. The molecule has 4 nitrogen and oxygen atoms in total. The fourth-order valence-corrected chi connectivity index (χ4v) is 2.70. The molecule has 0 aliphatic rings. The van der Waals surface area contributed by atoms with Gasteiger partial charge in [-0.05, 0) is 17.7 Å². The van der Waals surface area contributed by atoms with Gasteiger partial charge in [0.25, 0.3) is 5.91 Å². The van der Waals surface area contributed by atoms with E-state index in [1.165, 1.54) is 0 Å².